The van der Waals surface area contributed by atoms with Crippen LogP contribution in [0.2, 0.25) is 0 Å². The molecular weight excluding hydrogens is 430 g/mol. The van der Waals surface area contributed by atoms with Gasteiger partial charge in [0, 0.05) is 18.4 Å². The Morgan fingerprint density at radius 3 is 2.56 bits per heavy atom. The summed E-state index contributed by atoms with van der Waals surface area (Å²) < 4.78 is 16.0. The average molecular weight is 454 g/mol. The first-order valence-electron chi connectivity index (χ1n) is 9.92. The summed E-state index contributed by atoms with van der Waals surface area (Å²) in [7, 11) is 4.66. The number of thioether (sulfide) groups is 1. The minimum Gasteiger partial charge on any atom is -0.504 e. The van der Waals surface area contributed by atoms with E-state index in [-0.39, 0.29) is 24.0 Å². The Hall–Kier alpha value is -3.51. The molecular formula is C23H23N3O5S. The number of hydrogen-bond donors (Lipinski definition) is 1. The Kier molecular flexibility index (Phi) is 6.06. The third kappa shape index (κ3) is 3.78. The zero-order valence-electron chi connectivity index (χ0n) is 18.0. The molecule has 0 radical (unpaired) electrons. The molecule has 1 N–H and O–H groups in total. The van der Waals surface area contributed by atoms with Crippen LogP contribution in [-0.2, 0) is 4.79 Å². The summed E-state index contributed by atoms with van der Waals surface area (Å²) in [6, 6.07) is 12.8. The maximum Gasteiger partial charge on any atom is 0.229 e. The molecule has 2 aliphatic heterocycles. The lowest BCUT2D eigenvalue weighted by Gasteiger charge is -2.42. The topological polar surface area (TPSA) is 95.3 Å². The maximum absolute atomic E-state index is 13.1. The largest absolute Gasteiger partial charge is 0.504 e. The fourth-order valence-electron chi connectivity index (χ4n) is 3.96. The highest BCUT2D eigenvalue weighted by Gasteiger charge is 2.39. The summed E-state index contributed by atoms with van der Waals surface area (Å²) in [5, 5.41) is 20.5. The van der Waals surface area contributed by atoms with Crippen molar-refractivity contribution in [2.45, 2.75) is 12.3 Å². The second-order valence-electron chi connectivity index (χ2n) is 7.33. The van der Waals surface area contributed by atoms with E-state index in [0.717, 1.165) is 11.3 Å². The minimum absolute atomic E-state index is 0.0160. The fraction of sp³-hybridized carbons (Fsp3) is 0.304. The molecule has 0 saturated carbocycles. The van der Waals surface area contributed by atoms with Crippen molar-refractivity contribution in [1.29, 1.82) is 5.26 Å². The van der Waals surface area contributed by atoms with Gasteiger partial charge >= 0.3 is 0 Å². The maximum atomic E-state index is 13.1. The van der Waals surface area contributed by atoms with Crippen molar-refractivity contribution in [3.63, 3.8) is 0 Å². The smallest absolute Gasteiger partial charge is 0.229 e. The summed E-state index contributed by atoms with van der Waals surface area (Å²) >= 11 is 1.45. The van der Waals surface area contributed by atoms with E-state index >= 15 is 0 Å². The number of benzene rings is 2. The Labute approximate surface area is 190 Å². The molecule has 1 fully saturated rings. The zero-order valence-corrected chi connectivity index (χ0v) is 18.8. The van der Waals surface area contributed by atoms with Crippen molar-refractivity contribution in [3.8, 4) is 29.1 Å². The number of hydrogen-bond acceptors (Lipinski definition) is 8. The van der Waals surface area contributed by atoms with Gasteiger partial charge in [0.05, 0.1) is 56.2 Å². The summed E-state index contributed by atoms with van der Waals surface area (Å²) in [5.41, 5.74) is 2.15. The molecule has 1 atom stereocenters. The normalized spacial score (nSPS) is 18.2. The standard InChI is InChI=1S/C23H23N3O5S/c1-29-15-5-6-18(20(9-15)30-2)25-12-26-22(28)10-16(17(11-24)23(26)32-13-25)14-4-7-19(27)21(8-14)31-3/h4-9,16,27H,10,12-13H2,1-3H3. The van der Waals surface area contributed by atoms with E-state index in [1.165, 1.54) is 24.9 Å². The van der Waals surface area contributed by atoms with Crippen molar-refractivity contribution < 1.29 is 24.1 Å². The molecule has 9 heteroatoms. The lowest BCUT2D eigenvalue weighted by molar-refractivity contribution is -0.129. The third-order valence-corrected chi connectivity index (χ3v) is 6.78. The number of anilines is 1. The van der Waals surface area contributed by atoms with Crippen LogP contribution in [-0.4, -0.2) is 49.8 Å². The first-order valence-corrected chi connectivity index (χ1v) is 10.9. The van der Waals surface area contributed by atoms with Gasteiger partial charge in [0.2, 0.25) is 5.91 Å². The number of nitriles is 1. The number of fused-ring (bicyclic) bond motifs is 1. The monoisotopic (exact) mass is 453 g/mol. The molecule has 4 rings (SSSR count). The van der Waals surface area contributed by atoms with Gasteiger partial charge < -0.3 is 24.2 Å². The van der Waals surface area contributed by atoms with Gasteiger partial charge in [-0.05, 0) is 29.8 Å². The number of allylic oxidation sites excluding steroid dienone is 1. The van der Waals surface area contributed by atoms with Crippen LogP contribution in [0.25, 0.3) is 0 Å². The predicted octanol–water partition coefficient (Wildman–Crippen LogP) is 3.64. The lowest BCUT2D eigenvalue weighted by Crippen LogP contribution is -2.47. The van der Waals surface area contributed by atoms with Gasteiger partial charge in [-0.3, -0.25) is 9.69 Å². The molecule has 166 valence electrons. The molecule has 2 heterocycles. The number of phenols is 1. The van der Waals surface area contributed by atoms with Gasteiger partial charge in [0.1, 0.15) is 11.5 Å². The summed E-state index contributed by atoms with van der Waals surface area (Å²) in [6.45, 7) is 0.320. The lowest BCUT2D eigenvalue weighted by atomic mass is 9.86. The van der Waals surface area contributed by atoms with Crippen LogP contribution in [0.4, 0.5) is 5.69 Å². The molecule has 2 aliphatic rings. The molecule has 0 aliphatic carbocycles. The van der Waals surface area contributed by atoms with E-state index in [1.807, 2.05) is 17.0 Å². The molecule has 8 nitrogen and oxygen atoms in total. The van der Waals surface area contributed by atoms with Gasteiger partial charge in [-0.25, -0.2) is 0 Å². The molecule has 0 bridgehead atoms. The van der Waals surface area contributed by atoms with Crippen LogP contribution in [0.3, 0.4) is 0 Å². The molecule has 32 heavy (non-hydrogen) atoms. The fourth-order valence-corrected chi connectivity index (χ4v) is 5.11. The quantitative estimate of drug-likeness (QED) is 0.733. The van der Waals surface area contributed by atoms with Crippen molar-refractivity contribution in [3.05, 3.63) is 52.6 Å². The highest BCUT2D eigenvalue weighted by molar-refractivity contribution is 8.03. The van der Waals surface area contributed by atoms with Crippen LogP contribution < -0.4 is 19.1 Å². The van der Waals surface area contributed by atoms with Gasteiger partial charge in [0.15, 0.2) is 11.5 Å². The Morgan fingerprint density at radius 1 is 1.09 bits per heavy atom. The van der Waals surface area contributed by atoms with Crippen LogP contribution in [0.1, 0.15) is 17.9 Å². The van der Waals surface area contributed by atoms with E-state index in [9.17, 15) is 15.2 Å². The Morgan fingerprint density at radius 2 is 1.88 bits per heavy atom. The Bertz CT molecular complexity index is 1130. The van der Waals surface area contributed by atoms with Crippen molar-refractivity contribution >= 4 is 23.4 Å². The number of carbonyl (C=O) groups excluding carboxylic acids is 1. The SMILES string of the molecule is COc1ccc(N2CSC3=C(C#N)C(c4ccc(O)c(OC)c4)CC(=O)N3C2)c(OC)c1. The molecule has 2 aromatic rings. The molecule has 1 amide bonds. The highest BCUT2D eigenvalue weighted by atomic mass is 32.2. The second-order valence-corrected chi connectivity index (χ2v) is 8.27. The van der Waals surface area contributed by atoms with Crippen LogP contribution in [0, 0.1) is 11.3 Å². The Balaban J connectivity index is 1.67. The second kappa shape index (κ2) is 8.93. The molecule has 0 spiro atoms. The number of ether oxygens (including phenoxy) is 3. The molecule has 1 unspecified atom stereocenters. The number of methoxy groups -OCH3 is 3. The third-order valence-electron chi connectivity index (χ3n) is 5.63. The summed E-state index contributed by atoms with van der Waals surface area (Å²) in [6.07, 6.45) is 0.161. The van der Waals surface area contributed by atoms with E-state index in [4.69, 9.17) is 14.2 Å². The van der Waals surface area contributed by atoms with E-state index in [1.54, 1.807) is 37.3 Å². The first kappa shape index (κ1) is 21.7. The number of phenolic OH excluding ortho intramolecular Hbond substituents is 1. The van der Waals surface area contributed by atoms with E-state index in [0.29, 0.717) is 40.4 Å². The number of rotatable bonds is 5. The number of nitrogens with zero attached hydrogens (tertiary/aromatic N) is 3. The first-order chi connectivity index (χ1) is 15.5. The number of amides is 1. The number of carbonyl (C=O) groups is 1. The summed E-state index contributed by atoms with van der Waals surface area (Å²) in [5.74, 6) is 1.76. The zero-order chi connectivity index (χ0) is 22.8. The average Bonchev–Trinajstić information content (AvgIpc) is 2.83. The van der Waals surface area contributed by atoms with Crippen molar-refractivity contribution in [2.75, 3.05) is 38.8 Å². The summed E-state index contributed by atoms with van der Waals surface area (Å²) in [4.78, 5) is 16.8. The highest BCUT2D eigenvalue weighted by Crippen LogP contribution is 2.45. The van der Waals surface area contributed by atoms with Crippen molar-refractivity contribution in [1.82, 2.24) is 4.90 Å². The van der Waals surface area contributed by atoms with Crippen LogP contribution >= 0.6 is 11.8 Å². The van der Waals surface area contributed by atoms with Gasteiger partial charge in [-0.15, -0.1) is 0 Å². The van der Waals surface area contributed by atoms with E-state index in [2.05, 4.69) is 6.07 Å². The molecule has 2 aromatic carbocycles. The van der Waals surface area contributed by atoms with Crippen molar-refractivity contribution in [2.24, 2.45) is 0 Å². The van der Waals surface area contributed by atoms with Gasteiger partial charge in [-0.1, -0.05) is 17.8 Å². The molecule has 0 aromatic heterocycles. The predicted molar refractivity (Wildman–Crippen MR) is 121 cm³/mol. The van der Waals surface area contributed by atoms with Gasteiger partial charge in [-0.2, -0.15) is 5.26 Å². The van der Waals surface area contributed by atoms with Crippen LogP contribution in [0.5, 0.6) is 23.0 Å². The van der Waals surface area contributed by atoms with Crippen LogP contribution in [0.15, 0.2) is 47.0 Å². The van der Waals surface area contributed by atoms with E-state index < -0.39 is 0 Å². The number of aromatic hydroxyl groups is 1. The van der Waals surface area contributed by atoms with Gasteiger partial charge in [0.25, 0.3) is 0 Å². The minimum atomic E-state index is -0.386. The molecule has 1 saturated heterocycles.